The Kier molecular flexibility index (Phi) is 7.09. The number of amides is 2. The molecule has 34 heavy (non-hydrogen) atoms. The Bertz CT molecular complexity index is 1240. The Labute approximate surface area is 200 Å². The summed E-state index contributed by atoms with van der Waals surface area (Å²) in [6.07, 6.45) is 2.49. The van der Waals surface area contributed by atoms with Gasteiger partial charge in [0.2, 0.25) is 17.7 Å². The van der Waals surface area contributed by atoms with Gasteiger partial charge in [-0.15, -0.1) is 0 Å². The first-order valence-electron chi connectivity index (χ1n) is 10.3. The maximum Gasteiger partial charge on any atom is 0.268 e. The van der Waals surface area contributed by atoms with Gasteiger partial charge in [0.15, 0.2) is 0 Å². The number of anilines is 3. The molecule has 0 spiro atoms. The number of benzene rings is 2. The zero-order valence-corrected chi connectivity index (χ0v) is 18.6. The number of carbonyl (C=O) groups is 2. The number of hydrogen-bond donors (Lipinski definition) is 4. The van der Waals surface area contributed by atoms with E-state index >= 15 is 0 Å². The summed E-state index contributed by atoms with van der Waals surface area (Å²) in [7, 11) is 0. The van der Waals surface area contributed by atoms with Crippen LogP contribution >= 0.6 is 11.6 Å². The second kappa shape index (κ2) is 10.5. The highest BCUT2D eigenvalue weighted by Gasteiger charge is 2.22. The molecule has 0 fully saturated rings. The van der Waals surface area contributed by atoms with Gasteiger partial charge in [0.25, 0.3) is 12.2 Å². The van der Waals surface area contributed by atoms with Crippen LogP contribution in [-0.4, -0.2) is 28.3 Å². The summed E-state index contributed by atoms with van der Waals surface area (Å²) in [5.74, 6) is 0.360. The molecular formula is C23H21ClN6O4. The van der Waals surface area contributed by atoms with Crippen LogP contribution in [0.15, 0.2) is 72.9 Å². The average molecular weight is 481 g/mol. The Morgan fingerprint density at radius 2 is 1.94 bits per heavy atom. The van der Waals surface area contributed by atoms with E-state index in [0.717, 1.165) is 5.56 Å². The molecule has 3 aromatic rings. The molecule has 1 aliphatic rings. The third-order valence-corrected chi connectivity index (χ3v) is 4.83. The number of ether oxygens (including phenoxy) is 2. The quantitative estimate of drug-likeness (QED) is 0.365. The van der Waals surface area contributed by atoms with E-state index in [4.69, 9.17) is 26.8 Å². The van der Waals surface area contributed by atoms with E-state index in [0.29, 0.717) is 33.9 Å². The predicted molar refractivity (Wildman–Crippen MR) is 126 cm³/mol. The summed E-state index contributed by atoms with van der Waals surface area (Å²) in [5, 5.41) is 9.32. The van der Waals surface area contributed by atoms with Crippen LogP contribution in [0.2, 0.25) is 5.02 Å². The zero-order chi connectivity index (χ0) is 23.9. The van der Waals surface area contributed by atoms with Gasteiger partial charge in [0, 0.05) is 41.0 Å². The van der Waals surface area contributed by atoms with Crippen molar-refractivity contribution in [2.24, 2.45) is 5.73 Å². The molecule has 0 bridgehead atoms. The third-order valence-electron chi connectivity index (χ3n) is 4.60. The Balaban J connectivity index is 1.36. The first kappa shape index (κ1) is 22.9. The highest BCUT2D eigenvalue weighted by atomic mass is 35.5. The molecule has 0 saturated heterocycles. The van der Waals surface area contributed by atoms with Crippen LogP contribution in [0.3, 0.4) is 0 Å². The summed E-state index contributed by atoms with van der Waals surface area (Å²) in [5.41, 5.74) is 6.89. The highest BCUT2D eigenvalue weighted by molar-refractivity contribution is 6.30. The summed E-state index contributed by atoms with van der Waals surface area (Å²) in [6.45, 7) is 0.169. The van der Waals surface area contributed by atoms with Gasteiger partial charge in [0.05, 0.1) is 0 Å². The first-order chi connectivity index (χ1) is 16.5. The lowest BCUT2D eigenvalue weighted by Gasteiger charge is -2.13. The lowest BCUT2D eigenvalue weighted by atomic mass is 10.2. The molecule has 2 aromatic carbocycles. The van der Waals surface area contributed by atoms with Gasteiger partial charge in [-0.1, -0.05) is 29.8 Å². The number of nitrogens with one attached hydrogen (secondary N) is 3. The normalized spacial score (nSPS) is 14.4. The van der Waals surface area contributed by atoms with E-state index in [2.05, 4.69) is 25.9 Å². The van der Waals surface area contributed by atoms with E-state index in [9.17, 15) is 9.59 Å². The predicted octanol–water partition coefficient (Wildman–Crippen LogP) is 3.44. The molecule has 1 atom stereocenters. The molecule has 0 saturated carbocycles. The summed E-state index contributed by atoms with van der Waals surface area (Å²) < 4.78 is 11.3. The number of hydrogen-bond acceptors (Lipinski definition) is 8. The van der Waals surface area contributed by atoms with Gasteiger partial charge in [-0.25, -0.2) is 4.98 Å². The Morgan fingerprint density at radius 3 is 2.76 bits per heavy atom. The van der Waals surface area contributed by atoms with Crippen LogP contribution in [0.5, 0.6) is 0 Å². The second-order valence-electron chi connectivity index (χ2n) is 7.19. The maximum atomic E-state index is 12.3. The number of rotatable bonds is 9. The Hall–Kier alpha value is -4.31. The van der Waals surface area contributed by atoms with Crippen molar-refractivity contribution in [2.75, 3.05) is 17.2 Å². The number of carbonyl (C=O) groups excluding carboxylic acids is 2. The molecule has 1 aliphatic heterocycles. The molecule has 174 valence electrons. The molecule has 11 heteroatoms. The third kappa shape index (κ3) is 6.14. The molecule has 4 rings (SSSR count). The van der Waals surface area contributed by atoms with E-state index in [1.54, 1.807) is 48.7 Å². The fraction of sp³-hybridized carbons (Fsp3) is 0.130. The van der Waals surface area contributed by atoms with Crippen LogP contribution in [0.4, 0.5) is 17.5 Å². The van der Waals surface area contributed by atoms with Gasteiger partial charge < -0.3 is 31.2 Å². The lowest BCUT2D eigenvalue weighted by molar-refractivity contribution is -0.117. The van der Waals surface area contributed by atoms with Crippen molar-refractivity contribution in [3.05, 3.63) is 89.1 Å². The van der Waals surface area contributed by atoms with Gasteiger partial charge in [0.1, 0.15) is 12.1 Å². The van der Waals surface area contributed by atoms with Crippen molar-refractivity contribution in [1.29, 1.82) is 0 Å². The average Bonchev–Trinajstić information content (AvgIpc) is 3.28. The minimum atomic E-state index is -0.613. The number of nitrogens with two attached hydrogens (primary N) is 1. The van der Waals surface area contributed by atoms with Crippen LogP contribution in [0, 0.1) is 0 Å². The van der Waals surface area contributed by atoms with Crippen molar-refractivity contribution >= 4 is 40.9 Å². The van der Waals surface area contributed by atoms with E-state index < -0.39 is 12.2 Å². The number of halogens is 1. The molecular weight excluding hydrogens is 460 g/mol. The smallest absolute Gasteiger partial charge is 0.268 e. The molecule has 1 unspecified atom stereocenters. The number of nitrogens with zero attached hydrogens (tertiary/aromatic N) is 2. The van der Waals surface area contributed by atoms with E-state index in [1.165, 1.54) is 6.26 Å². The lowest BCUT2D eigenvalue weighted by Crippen LogP contribution is -2.27. The largest absolute Gasteiger partial charge is 0.453 e. The fourth-order valence-electron chi connectivity index (χ4n) is 3.04. The maximum absolute atomic E-state index is 12.3. The van der Waals surface area contributed by atoms with Crippen molar-refractivity contribution in [2.45, 2.75) is 12.7 Å². The van der Waals surface area contributed by atoms with Gasteiger partial charge in [-0.3, -0.25) is 9.59 Å². The van der Waals surface area contributed by atoms with Crippen molar-refractivity contribution in [3.8, 4) is 0 Å². The van der Waals surface area contributed by atoms with Crippen LogP contribution in [-0.2, 0) is 14.3 Å². The van der Waals surface area contributed by atoms with Crippen molar-refractivity contribution in [3.63, 3.8) is 0 Å². The SMILES string of the molecule is NC(=O)CCNC(=O)c1cccc(Nc2nccc(NC3=COC(c4cccc(Cl)c4)O3)n2)c1. The fourth-order valence-corrected chi connectivity index (χ4v) is 3.24. The highest BCUT2D eigenvalue weighted by Crippen LogP contribution is 2.30. The van der Waals surface area contributed by atoms with Crippen LogP contribution in [0.25, 0.3) is 0 Å². The monoisotopic (exact) mass is 480 g/mol. The molecule has 0 aliphatic carbocycles. The Morgan fingerprint density at radius 1 is 1.09 bits per heavy atom. The van der Waals surface area contributed by atoms with Crippen molar-refractivity contribution in [1.82, 2.24) is 15.3 Å². The van der Waals surface area contributed by atoms with Gasteiger partial charge in [-0.05, 0) is 36.4 Å². The topological polar surface area (TPSA) is 140 Å². The molecule has 5 N–H and O–H groups in total. The number of aromatic nitrogens is 2. The molecule has 2 heterocycles. The minimum absolute atomic E-state index is 0.0718. The second-order valence-corrected chi connectivity index (χ2v) is 7.63. The van der Waals surface area contributed by atoms with E-state index in [-0.39, 0.29) is 18.9 Å². The summed E-state index contributed by atoms with van der Waals surface area (Å²) >= 11 is 6.03. The number of primary amides is 1. The standard InChI is InChI=1S/C23H21ClN6O4/c24-16-5-1-4-15(11-16)22-33-13-20(34-22)29-19-8-10-27-23(30-19)28-17-6-2-3-14(12-17)21(32)26-9-7-18(25)31/h1-6,8,10-13,22H,7,9H2,(H2,25,31)(H,26,32)(H2,27,28,29,30). The summed E-state index contributed by atoms with van der Waals surface area (Å²) in [4.78, 5) is 31.7. The zero-order valence-electron chi connectivity index (χ0n) is 17.8. The van der Waals surface area contributed by atoms with Gasteiger partial charge in [-0.2, -0.15) is 4.98 Å². The molecule has 2 amide bonds. The van der Waals surface area contributed by atoms with Gasteiger partial charge >= 0.3 is 0 Å². The molecule has 10 nitrogen and oxygen atoms in total. The molecule has 1 aromatic heterocycles. The van der Waals surface area contributed by atoms with Crippen molar-refractivity contribution < 1.29 is 19.1 Å². The molecule has 0 radical (unpaired) electrons. The first-order valence-corrected chi connectivity index (χ1v) is 10.7. The summed E-state index contributed by atoms with van der Waals surface area (Å²) in [6, 6.07) is 15.7. The van der Waals surface area contributed by atoms with Crippen LogP contribution < -0.4 is 21.7 Å². The minimum Gasteiger partial charge on any atom is -0.453 e. The van der Waals surface area contributed by atoms with E-state index in [1.807, 2.05) is 12.1 Å². The van der Waals surface area contributed by atoms with Crippen LogP contribution in [0.1, 0.15) is 28.6 Å².